The van der Waals surface area contributed by atoms with Crippen LogP contribution in [0.15, 0.2) is 36.4 Å². The number of carbonyl (C=O) groups excluding carboxylic acids is 3. The smallest absolute Gasteiger partial charge is 0.410 e. The number of hydrogen-bond acceptors (Lipinski definition) is 6. The molecule has 4 amide bonds. The molecule has 2 aromatic carbocycles. The molecule has 238 valence electrons. The van der Waals surface area contributed by atoms with Crippen LogP contribution in [-0.4, -0.2) is 103 Å². The topological polar surface area (TPSA) is 111 Å². The summed E-state index contributed by atoms with van der Waals surface area (Å²) in [6, 6.07) is 11.9. The summed E-state index contributed by atoms with van der Waals surface area (Å²) in [6.07, 6.45) is 3.24. The number of para-hydroxylation sites is 1. The standard InChI is InChI=1S/C33H45ClN6O4/c1-4-23-19-22(20-27(34)30(23)35)21-29(31(41)38-14-10-25(11-15-38)37(2)3)44-33(43)39-16-12-26(13-17-39)40-18-9-24-7-5-6-8-28(24)36-32(40)42/h5-8,19-20,25-26,29H,4,9-18,21,35H2,1-3H3,(H,36,42)/t29-/m1/s1. The van der Waals surface area contributed by atoms with Gasteiger partial charge in [-0.2, -0.15) is 0 Å². The summed E-state index contributed by atoms with van der Waals surface area (Å²) in [5, 5.41) is 3.48. The molecule has 0 spiro atoms. The fourth-order valence-electron chi connectivity index (χ4n) is 6.64. The van der Waals surface area contributed by atoms with Gasteiger partial charge in [0.2, 0.25) is 0 Å². The van der Waals surface area contributed by atoms with E-state index in [1.807, 2.05) is 47.1 Å². The molecule has 0 bridgehead atoms. The maximum Gasteiger partial charge on any atom is 0.410 e. The van der Waals surface area contributed by atoms with E-state index in [1.54, 1.807) is 11.0 Å². The number of piperidine rings is 2. The highest BCUT2D eigenvalue weighted by molar-refractivity contribution is 6.33. The van der Waals surface area contributed by atoms with Crippen molar-refractivity contribution < 1.29 is 19.1 Å². The van der Waals surface area contributed by atoms with E-state index in [9.17, 15) is 14.4 Å². The maximum atomic E-state index is 13.8. The predicted molar refractivity (Wildman–Crippen MR) is 173 cm³/mol. The number of urea groups is 1. The molecule has 44 heavy (non-hydrogen) atoms. The highest BCUT2D eigenvalue weighted by atomic mass is 35.5. The molecule has 3 heterocycles. The molecule has 0 saturated carbocycles. The van der Waals surface area contributed by atoms with Gasteiger partial charge in [-0.25, -0.2) is 9.59 Å². The van der Waals surface area contributed by atoms with Crippen LogP contribution < -0.4 is 11.1 Å². The lowest BCUT2D eigenvalue weighted by atomic mass is 9.99. The lowest BCUT2D eigenvalue weighted by molar-refractivity contribution is -0.142. The van der Waals surface area contributed by atoms with Gasteiger partial charge in [0, 0.05) is 56.9 Å². The first-order valence-corrected chi connectivity index (χ1v) is 16.2. The molecule has 3 aliphatic heterocycles. The van der Waals surface area contributed by atoms with Crippen molar-refractivity contribution in [2.75, 3.05) is 57.9 Å². The van der Waals surface area contributed by atoms with Crippen LogP contribution in [0.25, 0.3) is 0 Å². The molecule has 0 unspecified atom stereocenters. The van der Waals surface area contributed by atoms with Crippen molar-refractivity contribution in [3.05, 3.63) is 58.1 Å². The number of nitrogen functional groups attached to an aromatic ring is 1. The predicted octanol–water partition coefficient (Wildman–Crippen LogP) is 4.64. The number of carbonyl (C=O) groups is 3. The Bertz CT molecular complexity index is 1350. The molecular formula is C33H45ClN6O4. The summed E-state index contributed by atoms with van der Waals surface area (Å²) in [7, 11) is 4.12. The summed E-state index contributed by atoms with van der Waals surface area (Å²) < 4.78 is 6.01. The number of hydrogen-bond donors (Lipinski definition) is 2. The quantitative estimate of drug-likeness (QED) is 0.434. The van der Waals surface area contributed by atoms with Crippen LogP contribution in [0, 0.1) is 0 Å². The number of likely N-dealkylation sites (tertiary alicyclic amines) is 2. The average Bonchev–Trinajstić information content (AvgIpc) is 3.20. The minimum atomic E-state index is -0.976. The van der Waals surface area contributed by atoms with Crippen molar-refractivity contribution in [3.63, 3.8) is 0 Å². The Morgan fingerprint density at radius 3 is 2.41 bits per heavy atom. The van der Waals surface area contributed by atoms with Gasteiger partial charge in [0.25, 0.3) is 5.91 Å². The molecule has 3 aliphatic rings. The minimum Gasteiger partial charge on any atom is -0.436 e. The lowest BCUT2D eigenvalue weighted by Crippen LogP contribution is -2.52. The van der Waals surface area contributed by atoms with Crippen molar-refractivity contribution in [3.8, 4) is 0 Å². The third kappa shape index (κ3) is 7.24. The number of nitrogens with two attached hydrogens (primary N) is 1. The van der Waals surface area contributed by atoms with Crippen molar-refractivity contribution in [2.45, 2.75) is 70.1 Å². The maximum absolute atomic E-state index is 13.8. The van der Waals surface area contributed by atoms with Gasteiger partial charge in [-0.1, -0.05) is 42.8 Å². The molecule has 0 aliphatic carbocycles. The van der Waals surface area contributed by atoms with Crippen LogP contribution in [0.5, 0.6) is 0 Å². The van der Waals surface area contributed by atoms with Gasteiger partial charge < -0.3 is 35.4 Å². The number of nitrogens with one attached hydrogen (secondary N) is 1. The number of aryl methyl sites for hydroxylation is 1. The first-order chi connectivity index (χ1) is 21.1. The van der Waals surface area contributed by atoms with Gasteiger partial charge in [0.05, 0.1) is 10.7 Å². The number of benzene rings is 2. The van der Waals surface area contributed by atoms with E-state index in [1.165, 1.54) is 0 Å². The summed E-state index contributed by atoms with van der Waals surface area (Å²) >= 11 is 6.43. The molecular weight excluding hydrogens is 580 g/mol. The second-order valence-corrected chi connectivity index (χ2v) is 12.8. The van der Waals surface area contributed by atoms with E-state index in [-0.39, 0.29) is 24.4 Å². The number of halogens is 1. The largest absolute Gasteiger partial charge is 0.436 e. The van der Waals surface area contributed by atoms with Crippen LogP contribution >= 0.6 is 11.6 Å². The van der Waals surface area contributed by atoms with Crippen molar-refractivity contribution >= 4 is 41.0 Å². The summed E-state index contributed by atoms with van der Waals surface area (Å²) in [5.41, 5.74) is 10.4. The third-order valence-electron chi connectivity index (χ3n) is 9.41. The van der Waals surface area contributed by atoms with Crippen LogP contribution in [0.1, 0.15) is 49.3 Å². The van der Waals surface area contributed by atoms with Gasteiger partial charge in [-0.15, -0.1) is 0 Å². The van der Waals surface area contributed by atoms with Crippen LogP contribution in [0.2, 0.25) is 5.02 Å². The van der Waals surface area contributed by atoms with Crippen molar-refractivity contribution in [2.24, 2.45) is 0 Å². The Morgan fingerprint density at radius 1 is 1.05 bits per heavy atom. The second kappa shape index (κ2) is 14.1. The number of amides is 4. The summed E-state index contributed by atoms with van der Waals surface area (Å²) in [4.78, 5) is 47.9. The highest BCUT2D eigenvalue weighted by Gasteiger charge is 2.35. The molecule has 2 aromatic rings. The second-order valence-electron chi connectivity index (χ2n) is 12.3. The Kier molecular flexibility index (Phi) is 10.2. The first kappa shape index (κ1) is 31.9. The van der Waals surface area contributed by atoms with Gasteiger partial charge in [-0.05, 0) is 81.4 Å². The number of anilines is 2. The Hall–Kier alpha value is -3.50. The molecule has 1 atom stereocenters. The molecule has 0 radical (unpaired) electrons. The molecule has 2 saturated heterocycles. The number of nitrogens with zero attached hydrogens (tertiary/aromatic N) is 4. The fraction of sp³-hybridized carbons (Fsp3) is 0.545. The zero-order valence-corrected chi connectivity index (χ0v) is 26.8. The molecule has 10 nitrogen and oxygen atoms in total. The lowest BCUT2D eigenvalue weighted by Gasteiger charge is -2.39. The van der Waals surface area contributed by atoms with E-state index in [2.05, 4.69) is 24.3 Å². The number of fused-ring (bicyclic) bond motifs is 1. The van der Waals surface area contributed by atoms with Gasteiger partial charge in [0.15, 0.2) is 6.10 Å². The summed E-state index contributed by atoms with van der Waals surface area (Å²) in [6.45, 7) is 4.76. The normalized spacial score (nSPS) is 18.9. The van der Waals surface area contributed by atoms with Crippen LogP contribution in [0.4, 0.5) is 21.0 Å². The Morgan fingerprint density at radius 2 is 1.73 bits per heavy atom. The zero-order chi connectivity index (χ0) is 31.4. The zero-order valence-electron chi connectivity index (χ0n) is 26.1. The minimum absolute atomic E-state index is 0.0215. The van der Waals surface area contributed by atoms with E-state index in [0.29, 0.717) is 68.7 Å². The molecule has 3 N–H and O–H groups in total. The molecule has 5 rings (SSSR count). The fourth-order valence-corrected chi connectivity index (χ4v) is 6.90. The third-order valence-corrected chi connectivity index (χ3v) is 9.72. The van der Waals surface area contributed by atoms with Crippen molar-refractivity contribution in [1.82, 2.24) is 19.6 Å². The first-order valence-electron chi connectivity index (χ1n) is 15.8. The van der Waals surface area contributed by atoms with E-state index in [4.69, 9.17) is 22.1 Å². The number of ether oxygens (including phenoxy) is 1. The highest BCUT2D eigenvalue weighted by Crippen LogP contribution is 2.28. The van der Waals surface area contributed by atoms with E-state index >= 15 is 0 Å². The van der Waals surface area contributed by atoms with Crippen LogP contribution in [0.3, 0.4) is 0 Å². The molecule has 11 heteroatoms. The van der Waals surface area contributed by atoms with Gasteiger partial charge >= 0.3 is 12.1 Å². The Labute approximate surface area is 265 Å². The Balaban J connectivity index is 1.24. The summed E-state index contributed by atoms with van der Waals surface area (Å²) in [5.74, 6) is -0.183. The van der Waals surface area contributed by atoms with E-state index < -0.39 is 12.2 Å². The monoisotopic (exact) mass is 624 g/mol. The average molecular weight is 625 g/mol. The van der Waals surface area contributed by atoms with Crippen LogP contribution in [-0.2, 0) is 28.8 Å². The van der Waals surface area contributed by atoms with Gasteiger partial charge in [-0.3, -0.25) is 4.79 Å². The number of rotatable bonds is 7. The molecule has 0 aromatic heterocycles. The van der Waals surface area contributed by atoms with E-state index in [0.717, 1.165) is 41.6 Å². The SMILES string of the molecule is CCc1cc(C[C@@H](OC(=O)N2CCC(N3CCc4ccccc4NC3=O)CC2)C(=O)N2CCC(N(C)C)CC2)cc(Cl)c1N. The molecule has 2 fully saturated rings. The van der Waals surface area contributed by atoms with Crippen molar-refractivity contribution in [1.29, 1.82) is 0 Å². The van der Waals surface area contributed by atoms with Gasteiger partial charge in [0.1, 0.15) is 0 Å².